The normalized spacial score (nSPS) is 10.9. The van der Waals surface area contributed by atoms with Crippen LogP contribution in [0.3, 0.4) is 0 Å². The van der Waals surface area contributed by atoms with Crippen molar-refractivity contribution in [3.63, 3.8) is 0 Å². The van der Waals surface area contributed by atoms with E-state index in [1.54, 1.807) is 0 Å². The fourth-order valence-electron chi connectivity index (χ4n) is 0.862. The second-order valence-corrected chi connectivity index (χ2v) is 4.27. The Labute approximate surface area is 90.9 Å². The van der Waals surface area contributed by atoms with Crippen LogP contribution in [0.1, 0.15) is 6.92 Å². The lowest BCUT2D eigenvalue weighted by Gasteiger charge is -1.90. The van der Waals surface area contributed by atoms with Crippen molar-refractivity contribution in [3.05, 3.63) is 18.0 Å². The Balaban J connectivity index is 0.000000385. The van der Waals surface area contributed by atoms with Crippen LogP contribution in [0.25, 0.3) is 0 Å². The predicted molar refractivity (Wildman–Crippen MR) is 46.8 cm³/mol. The average molecular weight is 260 g/mol. The summed E-state index contributed by atoms with van der Waals surface area (Å²) in [6.45, 7) is 1.61. The third-order valence-corrected chi connectivity index (χ3v) is 1.52. The van der Waals surface area contributed by atoms with Gasteiger partial charge in [0.1, 0.15) is 0 Å². The number of hydrogen-bond donors (Lipinski definition) is 0. The van der Waals surface area contributed by atoms with Crippen molar-refractivity contribution >= 4 is 10.1 Å². The molecular formula is C7H11F3N2O3S. The van der Waals surface area contributed by atoms with Gasteiger partial charge in [0, 0.05) is 6.26 Å². The maximum absolute atomic E-state index is 12.7. The Hall–Kier alpha value is -1.09. The summed E-state index contributed by atoms with van der Waals surface area (Å²) in [6.07, 6.45) is -0.310. The first kappa shape index (κ1) is 14.9. The van der Waals surface area contributed by atoms with Crippen molar-refractivity contribution in [3.8, 4) is 0 Å². The first-order chi connectivity index (χ1) is 7.09. The SMILES string of the molecule is CCn1c(F)c(F)[n+](C)c1F.CS(=O)(=O)[O-]. The van der Waals surface area contributed by atoms with Crippen molar-refractivity contribution in [2.24, 2.45) is 7.05 Å². The number of hydrogen-bond acceptors (Lipinski definition) is 3. The standard InChI is InChI=1S/C6H8F3N2.CH4O3S/c1-3-11-5(8)4(7)10(2)6(11)9;1-5(2,3)4/h3H2,1-2H3;1H3,(H,2,3,4)/q+1;/p-1. The van der Waals surface area contributed by atoms with Crippen LogP contribution in [-0.4, -0.2) is 23.8 Å². The highest BCUT2D eigenvalue weighted by molar-refractivity contribution is 7.84. The van der Waals surface area contributed by atoms with E-state index in [-0.39, 0.29) is 6.54 Å². The molecule has 0 radical (unpaired) electrons. The van der Waals surface area contributed by atoms with Gasteiger partial charge in [-0.05, 0) is 6.92 Å². The van der Waals surface area contributed by atoms with E-state index in [0.29, 0.717) is 15.4 Å². The third kappa shape index (κ3) is 4.19. The second kappa shape index (κ2) is 5.30. The molecular weight excluding hydrogens is 249 g/mol. The smallest absolute Gasteiger partial charge is 0.450 e. The minimum Gasteiger partial charge on any atom is -0.748 e. The van der Waals surface area contributed by atoms with Crippen LogP contribution in [0.4, 0.5) is 13.2 Å². The highest BCUT2D eigenvalue weighted by Crippen LogP contribution is 2.04. The molecule has 0 aliphatic carbocycles. The minimum absolute atomic E-state index is 0.0788. The molecule has 0 N–H and O–H groups in total. The maximum Gasteiger partial charge on any atom is 0.450 e. The van der Waals surface area contributed by atoms with E-state index in [1.807, 2.05) is 0 Å². The molecule has 0 aliphatic rings. The van der Waals surface area contributed by atoms with E-state index in [0.717, 1.165) is 7.05 Å². The molecule has 0 saturated heterocycles. The first-order valence-corrected chi connectivity index (χ1v) is 5.91. The number of imidazole rings is 1. The average Bonchev–Trinajstić information content (AvgIpc) is 2.29. The summed E-state index contributed by atoms with van der Waals surface area (Å²) in [7, 11) is -2.79. The fourth-order valence-corrected chi connectivity index (χ4v) is 0.862. The summed E-state index contributed by atoms with van der Waals surface area (Å²) < 4.78 is 66.2. The molecule has 1 rings (SSSR count). The number of rotatable bonds is 1. The highest BCUT2D eigenvalue weighted by Gasteiger charge is 2.28. The molecule has 0 fully saturated rings. The molecule has 16 heavy (non-hydrogen) atoms. The van der Waals surface area contributed by atoms with Crippen molar-refractivity contribution < 1.29 is 30.7 Å². The van der Waals surface area contributed by atoms with Crippen molar-refractivity contribution in [1.82, 2.24) is 4.57 Å². The molecule has 1 heterocycles. The van der Waals surface area contributed by atoms with Crippen molar-refractivity contribution in [2.75, 3.05) is 6.26 Å². The predicted octanol–water partition coefficient (Wildman–Crippen LogP) is -0.0888. The first-order valence-electron chi connectivity index (χ1n) is 4.09. The van der Waals surface area contributed by atoms with Gasteiger partial charge in [-0.1, -0.05) is 0 Å². The van der Waals surface area contributed by atoms with Gasteiger partial charge in [-0.15, -0.1) is 4.39 Å². The zero-order chi connectivity index (χ0) is 13.1. The molecule has 0 spiro atoms. The summed E-state index contributed by atoms with van der Waals surface area (Å²) in [5.74, 6) is -2.34. The van der Waals surface area contributed by atoms with E-state index in [4.69, 9.17) is 13.0 Å². The summed E-state index contributed by atoms with van der Waals surface area (Å²) in [6, 6.07) is 0. The molecule has 94 valence electrons. The van der Waals surface area contributed by atoms with Gasteiger partial charge in [-0.25, -0.2) is 8.42 Å². The molecule has 1 aromatic rings. The lowest BCUT2D eigenvalue weighted by molar-refractivity contribution is -0.727. The van der Waals surface area contributed by atoms with Gasteiger partial charge in [0.15, 0.2) is 0 Å². The van der Waals surface area contributed by atoms with Gasteiger partial charge in [0.2, 0.25) is 0 Å². The van der Waals surface area contributed by atoms with Crippen molar-refractivity contribution in [2.45, 2.75) is 13.5 Å². The quantitative estimate of drug-likeness (QED) is 0.523. The molecule has 0 aromatic carbocycles. The summed E-state index contributed by atoms with van der Waals surface area (Å²) >= 11 is 0. The van der Waals surface area contributed by atoms with E-state index in [9.17, 15) is 13.2 Å². The van der Waals surface area contributed by atoms with Crippen LogP contribution in [-0.2, 0) is 23.7 Å². The minimum atomic E-state index is -3.92. The number of halogens is 3. The highest BCUT2D eigenvalue weighted by atomic mass is 32.2. The lowest BCUT2D eigenvalue weighted by atomic mass is 10.7. The zero-order valence-electron chi connectivity index (χ0n) is 8.87. The van der Waals surface area contributed by atoms with Crippen LogP contribution in [0.2, 0.25) is 0 Å². The van der Waals surface area contributed by atoms with Gasteiger partial charge in [0.05, 0.1) is 23.7 Å². The molecule has 1 aromatic heterocycles. The van der Waals surface area contributed by atoms with Gasteiger partial charge in [0.25, 0.3) is 0 Å². The molecule has 5 nitrogen and oxygen atoms in total. The van der Waals surface area contributed by atoms with E-state index in [2.05, 4.69) is 0 Å². The molecule has 0 amide bonds. The van der Waals surface area contributed by atoms with Gasteiger partial charge < -0.3 is 4.55 Å². The number of aromatic nitrogens is 2. The maximum atomic E-state index is 12.7. The largest absolute Gasteiger partial charge is 0.748 e. The van der Waals surface area contributed by atoms with Crippen LogP contribution < -0.4 is 4.57 Å². The summed E-state index contributed by atoms with van der Waals surface area (Å²) in [4.78, 5) is 0. The topological polar surface area (TPSA) is 66.0 Å². The van der Waals surface area contributed by atoms with Gasteiger partial charge in [-0.3, -0.25) is 0 Å². The Morgan fingerprint density at radius 2 is 1.75 bits per heavy atom. The van der Waals surface area contributed by atoms with Crippen LogP contribution >= 0.6 is 0 Å². The Morgan fingerprint density at radius 1 is 1.38 bits per heavy atom. The summed E-state index contributed by atoms with van der Waals surface area (Å²) in [5, 5.41) is 0. The molecule has 0 aliphatic heterocycles. The van der Waals surface area contributed by atoms with E-state index < -0.39 is 28.1 Å². The fraction of sp³-hybridized carbons (Fsp3) is 0.571. The number of nitrogens with zero attached hydrogens (tertiary/aromatic N) is 2. The molecule has 9 heteroatoms. The Morgan fingerprint density at radius 3 is 1.88 bits per heavy atom. The molecule has 0 saturated carbocycles. The second-order valence-electron chi connectivity index (χ2n) is 2.86. The van der Waals surface area contributed by atoms with Crippen LogP contribution in [0.5, 0.6) is 0 Å². The van der Waals surface area contributed by atoms with Crippen LogP contribution in [0, 0.1) is 18.0 Å². The summed E-state index contributed by atoms with van der Waals surface area (Å²) in [5.41, 5.74) is 0. The zero-order valence-corrected chi connectivity index (χ0v) is 9.68. The van der Waals surface area contributed by atoms with E-state index in [1.165, 1.54) is 6.92 Å². The van der Waals surface area contributed by atoms with Crippen LogP contribution in [0.15, 0.2) is 0 Å². The third-order valence-electron chi connectivity index (χ3n) is 1.52. The molecule has 0 unspecified atom stereocenters. The van der Waals surface area contributed by atoms with E-state index >= 15 is 0 Å². The monoisotopic (exact) mass is 260 g/mol. The van der Waals surface area contributed by atoms with Gasteiger partial charge in [-0.2, -0.15) is 17.9 Å². The van der Waals surface area contributed by atoms with Gasteiger partial charge >= 0.3 is 18.0 Å². The Bertz CT molecular complexity index is 436. The Kier molecular flexibility index (Phi) is 4.94. The molecule has 0 bridgehead atoms. The molecule has 0 atom stereocenters. The van der Waals surface area contributed by atoms with Crippen molar-refractivity contribution in [1.29, 1.82) is 0 Å². The lowest BCUT2D eigenvalue weighted by Crippen LogP contribution is -2.35.